The molecule has 0 atom stereocenters. The molecule has 2 aromatic rings. The molecule has 6 nitrogen and oxygen atoms in total. The standard InChI is InChI=1S/C9H9N5O/c10-8-12-7(13-9(11)14-8)4-3-6-2-1-5-15-6/h1-5H,(H4,10,11,12,13,14)/b4-3+. The highest BCUT2D eigenvalue weighted by atomic mass is 16.3. The summed E-state index contributed by atoms with van der Waals surface area (Å²) in [5, 5.41) is 0. The molecular formula is C9H9N5O. The highest BCUT2D eigenvalue weighted by Gasteiger charge is 1.97. The summed E-state index contributed by atoms with van der Waals surface area (Å²) in [5.74, 6) is 1.30. The number of nitrogen functional groups attached to an aromatic ring is 2. The van der Waals surface area contributed by atoms with Gasteiger partial charge in [0.05, 0.1) is 6.26 Å². The van der Waals surface area contributed by atoms with Crippen LogP contribution >= 0.6 is 0 Å². The summed E-state index contributed by atoms with van der Waals surface area (Å²) in [4.78, 5) is 11.4. The zero-order chi connectivity index (χ0) is 10.7. The van der Waals surface area contributed by atoms with Gasteiger partial charge < -0.3 is 15.9 Å². The van der Waals surface area contributed by atoms with E-state index >= 15 is 0 Å². The Kier molecular flexibility index (Phi) is 2.32. The van der Waals surface area contributed by atoms with Crippen molar-refractivity contribution in [3.63, 3.8) is 0 Å². The van der Waals surface area contributed by atoms with E-state index in [1.165, 1.54) is 0 Å². The van der Waals surface area contributed by atoms with E-state index in [0.717, 1.165) is 0 Å². The van der Waals surface area contributed by atoms with E-state index in [1.54, 1.807) is 24.5 Å². The molecular weight excluding hydrogens is 194 g/mol. The van der Waals surface area contributed by atoms with E-state index in [0.29, 0.717) is 11.6 Å². The summed E-state index contributed by atoms with van der Waals surface area (Å²) in [5.41, 5.74) is 10.8. The predicted molar refractivity (Wildman–Crippen MR) is 56.3 cm³/mol. The molecule has 15 heavy (non-hydrogen) atoms. The van der Waals surface area contributed by atoms with Gasteiger partial charge in [-0.25, -0.2) is 0 Å². The van der Waals surface area contributed by atoms with Gasteiger partial charge in [-0.1, -0.05) is 0 Å². The van der Waals surface area contributed by atoms with Gasteiger partial charge in [-0.05, 0) is 24.3 Å². The van der Waals surface area contributed by atoms with Crippen molar-refractivity contribution in [2.45, 2.75) is 0 Å². The Labute approximate surface area is 85.7 Å². The summed E-state index contributed by atoms with van der Waals surface area (Å²) in [6.07, 6.45) is 4.94. The van der Waals surface area contributed by atoms with Gasteiger partial charge in [0.2, 0.25) is 11.9 Å². The third-order valence-electron chi connectivity index (χ3n) is 1.63. The summed E-state index contributed by atoms with van der Waals surface area (Å²) in [6.45, 7) is 0. The van der Waals surface area contributed by atoms with E-state index in [1.807, 2.05) is 6.07 Å². The Morgan fingerprint density at radius 1 is 1.07 bits per heavy atom. The van der Waals surface area contributed by atoms with E-state index in [9.17, 15) is 0 Å². The molecule has 0 aliphatic heterocycles. The molecule has 6 heteroatoms. The Hall–Kier alpha value is -2.37. The van der Waals surface area contributed by atoms with Gasteiger partial charge in [0.25, 0.3) is 0 Å². The summed E-state index contributed by atoms with van der Waals surface area (Å²) < 4.78 is 5.10. The molecule has 2 aromatic heterocycles. The summed E-state index contributed by atoms with van der Waals surface area (Å²) >= 11 is 0. The number of nitrogens with two attached hydrogens (primary N) is 2. The van der Waals surface area contributed by atoms with Crippen molar-refractivity contribution < 1.29 is 4.42 Å². The zero-order valence-electron chi connectivity index (χ0n) is 7.79. The quantitative estimate of drug-likeness (QED) is 0.748. The highest BCUT2D eigenvalue weighted by molar-refractivity contribution is 5.64. The number of hydrogen-bond acceptors (Lipinski definition) is 6. The van der Waals surface area contributed by atoms with E-state index in [4.69, 9.17) is 15.9 Å². The molecule has 0 amide bonds. The highest BCUT2D eigenvalue weighted by Crippen LogP contribution is 2.06. The van der Waals surface area contributed by atoms with Gasteiger partial charge in [0.1, 0.15) is 5.76 Å². The number of anilines is 2. The molecule has 0 spiro atoms. The van der Waals surface area contributed by atoms with Crippen molar-refractivity contribution in [2.24, 2.45) is 0 Å². The first-order chi connectivity index (χ1) is 7.24. The van der Waals surface area contributed by atoms with Crippen molar-refractivity contribution in [1.29, 1.82) is 0 Å². The Morgan fingerprint density at radius 3 is 2.40 bits per heavy atom. The van der Waals surface area contributed by atoms with Crippen LogP contribution in [-0.4, -0.2) is 15.0 Å². The molecule has 0 fully saturated rings. The van der Waals surface area contributed by atoms with Crippen LogP contribution < -0.4 is 11.5 Å². The average Bonchev–Trinajstić information content (AvgIpc) is 2.65. The first-order valence-electron chi connectivity index (χ1n) is 4.22. The summed E-state index contributed by atoms with van der Waals surface area (Å²) in [6, 6.07) is 3.60. The van der Waals surface area contributed by atoms with Crippen LogP contribution in [0.2, 0.25) is 0 Å². The second-order valence-corrected chi connectivity index (χ2v) is 2.76. The largest absolute Gasteiger partial charge is 0.465 e. The van der Waals surface area contributed by atoms with Gasteiger partial charge in [0, 0.05) is 0 Å². The lowest BCUT2D eigenvalue weighted by molar-refractivity contribution is 0.557. The first-order valence-corrected chi connectivity index (χ1v) is 4.22. The van der Waals surface area contributed by atoms with Gasteiger partial charge in [-0.15, -0.1) is 0 Å². The van der Waals surface area contributed by atoms with Gasteiger partial charge in [0.15, 0.2) is 5.82 Å². The normalized spacial score (nSPS) is 10.9. The number of aromatic nitrogens is 3. The number of furan rings is 1. The molecule has 0 saturated heterocycles. The van der Waals surface area contributed by atoms with Crippen LogP contribution in [0, 0.1) is 0 Å². The topological polar surface area (TPSA) is 104 Å². The predicted octanol–water partition coefficient (Wildman–Crippen LogP) is 0.799. The number of rotatable bonds is 2. The zero-order valence-corrected chi connectivity index (χ0v) is 7.79. The molecule has 0 aliphatic carbocycles. The fourth-order valence-electron chi connectivity index (χ4n) is 1.04. The number of hydrogen-bond donors (Lipinski definition) is 2. The van der Waals surface area contributed by atoms with Crippen LogP contribution in [0.5, 0.6) is 0 Å². The van der Waals surface area contributed by atoms with Crippen LogP contribution in [0.1, 0.15) is 11.6 Å². The molecule has 0 saturated carbocycles. The van der Waals surface area contributed by atoms with Gasteiger partial charge >= 0.3 is 0 Å². The SMILES string of the molecule is Nc1nc(N)nc(/C=C/c2ccco2)n1. The van der Waals surface area contributed by atoms with Crippen molar-refractivity contribution in [2.75, 3.05) is 11.5 Å². The smallest absolute Gasteiger partial charge is 0.225 e. The molecule has 0 unspecified atom stereocenters. The Morgan fingerprint density at radius 2 is 1.80 bits per heavy atom. The monoisotopic (exact) mass is 203 g/mol. The van der Waals surface area contributed by atoms with Crippen LogP contribution in [-0.2, 0) is 0 Å². The lowest BCUT2D eigenvalue weighted by Crippen LogP contribution is -2.03. The Balaban J connectivity index is 2.24. The van der Waals surface area contributed by atoms with Crippen molar-refractivity contribution in [3.05, 3.63) is 30.0 Å². The molecule has 0 radical (unpaired) electrons. The maximum atomic E-state index is 5.41. The van der Waals surface area contributed by atoms with Gasteiger partial charge in [-0.3, -0.25) is 0 Å². The Bertz CT molecular complexity index is 457. The number of nitrogens with zero attached hydrogens (tertiary/aromatic N) is 3. The third kappa shape index (κ3) is 2.31. The molecule has 4 N–H and O–H groups in total. The molecule has 2 rings (SSSR count). The first kappa shape index (κ1) is 9.20. The molecule has 0 bridgehead atoms. The molecule has 76 valence electrons. The second kappa shape index (κ2) is 3.79. The lowest BCUT2D eigenvalue weighted by Gasteiger charge is -1.95. The van der Waals surface area contributed by atoms with Crippen LogP contribution in [0.25, 0.3) is 12.2 Å². The minimum absolute atomic E-state index is 0.0987. The van der Waals surface area contributed by atoms with Crippen LogP contribution in [0.3, 0.4) is 0 Å². The van der Waals surface area contributed by atoms with Crippen molar-refractivity contribution in [3.8, 4) is 0 Å². The minimum atomic E-state index is 0.0987. The average molecular weight is 203 g/mol. The molecule has 0 aromatic carbocycles. The fraction of sp³-hybridized carbons (Fsp3) is 0. The fourth-order valence-corrected chi connectivity index (χ4v) is 1.04. The van der Waals surface area contributed by atoms with Crippen LogP contribution in [0.15, 0.2) is 22.8 Å². The van der Waals surface area contributed by atoms with Crippen LogP contribution in [0.4, 0.5) is 11.9 Å². The van der Waals surface area contributed by atoms with Crippen molar-refractivity contribution in [1.82, 2.24) is 15.0 Å². The van der Waals surface area contributed by atoms with E-state index in [2.05, 4.69) is 15.0 Å². The third-order valence-corrected chi connectivity index (χ3v) is 1.63. The maximum absolute atomic E-state index is 5.41. The molecule has 0 aliphatic rings. The summed E-state index contributed by atoms with van der Waals surface area (Å²) in [7, 11) is 0. The maximum Gasteiger partial charge on any atom is 0.225 e. The lowest BCUT2D eigenvalue weighted by atomic mass is 10.4. The van der Waals surface area contributed by atoms with Gasteiger partial charge in [-0.2, -0.15) is 15.0 Å². The van der Waals surface area contributed by atoms with E-state index < -0.39 is 0 Å². The van der Waals surface area contributed by atoms with E-state index in [-0.39, 0.29) is 11.9 Å². The van der Waals surface area contributed by atoms with Crippen molar-refractivity contribution >= 4 is 24.0 Å². The molecule has 2 heterocycles. The second-order valence-electron chi connectivity index (χ2n) is 2.76. The minimum Gasteiger partial charge on any atom is -0.465 e.